The Kier molecular flexibility index (Phi) is 7.35. The van der Waals surface area contributed by atoms with Gasteiger partial charge in [-0.2, -0.15) is 5.10 Å². The number of esters is 1. The number of nitrogens with one attached hydrogen (secondary N) is 1. The van der Waals surface area contributed by atoms with Crippen LogP contribution in [0.3, 0.4) is 0 Å². The van der Waals surface area contributed by atoms with Crippen molar-refractivity contribution < 1.29 is 19.1 Å². The Labute approximate surface area is 187 Å². The second kappa shape index (κ2) is 10.2. The molecule has 0 aliphatic heterocycles. The van der Waals surface area contributed by atoms with E-state index in [2.05, 4.69) is 15.4 Å². The number of hydrogen-bond donors (Lipinski definition) is 1. The molecule has 0 fully saturated rings. The molecule has 0 unspecified atom stereocenters. The van der Waals surface area contributed by atoms with E-state index in [0.29, 0.717) is 24.1 Å². The lowest BCUT2D eigenvalue weighted by atomic mass is 10.1. The first-order valence-corrected chi connectivity index (χ1v) is 10.7. The van der Waals surface area contributed by atoms with E-state index in [0.717, 1.165) is 34.7 Å². The monoisotopic (exact) mass is 436 g/mol. The minimum absolute atomic E-state index is 0.0666. The molecule has 3 rings (SSSR count). The number of carbonyl (C=O) groups is 3. The van der Waals surface area contributed by atoms with Crippen molar-refractivity contribution in [2.24, 2.45) is 0 Å². The molecule has 32 heavy (non-hydrogen) atoms. The van der Waals surface area contributed by atoms with Gasteiger partial charge in [0.25, 0.3) is 0 Å². The zero-order chi connectivity index (χ0) is 23.3. The van der Waals surface area contributed by atoms with Crippen molar-refractivity contribution in [3.63, 3.8) is 0 Å². The minimum atomic E-state index is -0.447. The second-order valence-corrected chi connectivity index (χ2v) is 7.78. The van der Waals surface area contributed by atoms with Crippen molar-refractivity contribution in [2.75, 3.05) is 11.9 Å². The van der Waals surface area contributed by atoms with Crippen molar-refractivity contribution in [3.05, 3.63) is 58.5 Å². The van der Waals surface area contributed by atoms with Gasteiger partial charge < -0.3 is 10.1 Å². The van der Waals surface area contributed by atoms with E-state index in [4.69, 9.17) is 4.74 Å². The Morgan fingerprint density at radius 2 is 1.78 bits per heavy atom. The minimum Gasteiger partial charge on any atom is -0.457 e. The molecule has 0 radical (unpaired) electrons. The maximum absolute atomic E-state index is 12.3. The number of ketones is 1. The fourth-order valence-corrected chi connectivity index (χ4v) is 3.52. The van der Waals surface area contributed by atoms with Crippen LogP contribution >= 0.6 is 0 Å². The summed E-state index contributed by atoms with van der Waals surface area (Å²) in [5, 5.41) is 7.20. The van der Waals surface area contributed by atoms with Crippen LogP contribution in [0, 0.1) is 20.8 Å². The van der Waals surface area contributed by atoms with Crippen LogP contribution in [0.25, 0.3) is 5.65 Å². The average Bonchev–Trinajstić information content (AvgIpc) is 3.12. The normalized spacial score (nSPS) is 10.9. The van der Waals surface area contributed by atoms with Crippen LogP contribution < -0.4 is 5.32 Å². The lowest BCUT2D eigenvalue weighted by Gasteiger charge is -2.11. The van der Waals surface area contributed by atoms with Gasteiger partial charge in [-0.05, 0) is 63.4 Å². The lowest BCUT2D eigenvalue weighted by molar-refractivity contribution is -0.142. The van der Waals surface area contributed by atoms with E-state index >= 15 is 0 Å². The summed E-state index contributed by atoms with van der Waals surface area (Å²) in [4.78, 5) is 40.7. The Morgan fingerprint density at radius 1 is 1.06 bits per heavy atom. The van der Waals surface area contributed by atoms with Crippen LogP contribution in [0.4, 0.5) is 5.69 Å². The van der Waals surface area contributed by atoms with Gasteiger partial charge in [-0.1, -0.05) is 6.92 Å². The Hall–Kier alpha value is -3.55. The fraction of sp³-hybridized carbons (Fsp3) is 0.375. The molecule has 3 aromatic rings. The van der Waals surface area contributed by atoms with Crippen LogP contribution in [-0.2, 0) is 20.7 Å². The van der Waals surface area contributed by atoms with Crippen LogP contribution in [-0.4, -0.2) is 38.9 Å². The van der Waals surface area contributed by atoms with Gasteiger partial charge in [-0.15, -0.1) is 0 Å². The third kappa shape index (κ3) is 5.57. The van der Waals surface area contributed by atoms with Crippen molar-refractivity contribution >= 4 is 29.0 Å². The topological polar surface area (TPSA) is 103 Å². The van der Waals surface area contributed by atoms with Crippen LogP contribution in [0.5, 0.6) is 0 Å². The summed E-state index contributed by atoms with van der Waals surface area (Å²) in [5.74, 6) is -0.812. The number of benzene rings is 1. The van der Waals surface area contributed by atoms with E-state index in [1.165, 1.54) is 0 Å². The SMILES string of the molecule is CCCC(=O)Nc1ccc(C(=O)COC(=O)CCc2c(C)nc3cc(C)nn3c2C)cc1. The molecule has 2 aromatic heterocycles. The van der Waals surface area contributed by atoms with Gasteiger partial charge in [0.2, 0.25) is 5.91 Å². The summed E-state index contributed by atoms with van der Waals surface area (Å²) in [6.07, 6.45) is 1.81. The molecule has 1 aromatic carbocycles. The summed E-state index contributed by atoms with van der Waals surface area (Å²) < 4.78 is 6.96. The summed E-state index contributed by atoms with van der Waals surface area (Å²) in [7, 11) is 0. The number of aromatic nitrogens is 3. The molecule has 8 heteroatoms. The van der Waals surface area contributed by atoms with E-state index in [-0.39, 0.29) is 24.7 Å². The van der Waals surface area contributed by atoms with Gasteiger partial charge in [-0.3, -0.25) is 14.4 Å². The van der Waals surface area contributed by atoms with E-state index in [1.807, 2.05) is 33.8 Å². The number of fused-ring (bicyclic) bond motifs is 1. The number of rotatable bonds is 9. The first-order valence-electron chi connectivity index (χ1n) is 10.7. The highest BCUT2D eigenvalue weighted by Gasteiger charge is 2.15. The third-order valence-electron chi connectivity index (χ3n) is 5.20. The Balaban J connectivity index is 1.52. The molecule has 0 aliphatic carbocycles. The second-order valence-electron chi connectivity index (χ2n) is 7.78. The van der Waals surface area contributed by atoms with Gasteiger partial charge in [0.15, 0.2) is 18.0 Å². The maximum atomic E-state index is 12.3. The van der Waals surface area contributed by atoms with Gasteiger partial charge >= 0.3 is 5.97 Å². The van der Waals surface area contributed by atoms with E-state index in [9.17, 15) is 14.4 Å². The van der Waals surface area contributed by atoms with Gasteiger partial charge in [-0.25, -0.2) is 9.50 Å². The number of nitrogens with zero attached hydrogens (tertiary/aromatic N) is 3. The van der Waals surface area contributed by atoms with Crippen LogP contribution in [0.15, 0.2) is 30.3 Å². The standard InChI is InChI=1S/C24H28N4O4/c1-5-6-23(30)26-19-9-7-18(8-10-19)21(29)14-32-24(31)12-11-20-16(3)25-22-13-15(2)27-28(22)17(20)4/h7-10,13H,5-6,11-12,14H2,1-4H3,(H,26,30). The zero-order valence-corrected chi connectivity index (χ0v) is 18.9. The summed E-state index contributed by atoms with van der Waals surface area (Å²) >= 11 is 0. The molecule has 0 spiro atoms. The molecule has 1 amide bonds. The summed E-state index contributed by atoms with van der Waals surface area (Å²) in [6.45, 7) is 7.38. The van der Waals surface area contributed by atoms with Gasteiger partial charge in [0, 0.05) is 41.5 Å². The zero-order valence-electron chi connectivity index (χ0n) is 18.9. The predicted molar refractivity (Wildman–Crippen MR) is 121 cm³/mol. The molecule has 0 atom stereocenters. The first-order chi connectivity index (χ1) is 15.3. The number of carbonyl (C=O) groups excluding carboxylic acids is 3. The number of Topliss-reactive ketones (excluding diaryl/α,β-unsaturated/α-hetero) is 1. The first kappa shape index (κ1) is 23.1. The largest absolute Gasteiger partial charge is 0.457 e. The molecule has 168 valence electrons. The molecular formula is C24H28N4O4. The smallest absolute Gasteiger partial charge is 0.306 e. The number of aryl methyl sites for hydroxylation is 3. The molecule has 0 aliphatic rings. The average molecular weight is 437 g/mol. The third-order valence-corrected chi connectivity index (χ3v) is 5.20. The fourth-order valence-electron chi connectivity index (χ4n) is 3.52. The maximum Gasteiger partial charge on any atom is 0.306 e. The van der Waals surface area contributed by atoms with Crippen LogP contribution in [0.1, 0.15) is 59.2 Å². The molecule has 0 saturated heterocycles. The Morgan fingerprint density at radius 3 is 2.47 bits per heavy atom. The van der Waals surface area contributed by atoms with Gasteiger partial charge in [0.1, 0.15) is 0 Å². The highest BCUT2D eigenvalue weighted by atomic mass is 16.5. The number of amides is 1. The van der Waals surface area contributed by atoms with E-state index in [1.54, 1.807) is 28.8 Å². The summed E-state index contributed by atoms with van der Waals surface area (Å²) in [6, 6.07) is 8.45. The molecule has 0 saturated carbocycles. The Bertz CT molecular complexity index is 1150. The molecule has 0 bridgehead atoms. The number of hydrogen-bond acceptors (Lipinski definition) is 6. The lowest BCUT2D eigenvalue weighted by Crippen LogP contribution is -2.16. The predicted octanol–water partition coefficient (Wildman–Crippen LogP) is 3.75. The molecule has 8 nitrogen and oxygen atoms in total. The van der Waals surface area contributed by atoms with Crippen LogP contribution in [0.2, 0.25) is 0 Å². The van der Waals surface area contributed by atoms with Crippen molar-refractivity contribution in [3.8, 4) is 0 Å². The summed E-state index contributed by atoms with van der Waals surface area (Å²) in [5.41, 5.74) is 5.45. The number of ether oxygens (including phenoxy) is 1. The number of anilines is 1. The van der Waals surface area contributed by atoms with E-state index < -0.39 is 5.97 Å². The van der Waals surface area contributed by atoms with Crippen molar-refractivity contribution in [1.29, 1.82) is 0 Å². The van der Waals surface area contributed by atoms with Crippen molar-refractivity contribution in [2.45, 2.75) is 53.4 Å². The molecular weight excluding hydrogens is 408 g/mol. The quantitative estimate of drug-likeness (QED) is 0.405. The van der Waals surface area contributed by atoms with Crippen molar-refractivity contribution in [1.82, 2.24) is 14.6 Å². The molecule has 2 heterocycles. The highest BCUT2D eigenvalue weighted by molar-refractivity contribution is 5.98. The molecule has 1 N–H and O–H groups in total. The van der Waals surface area contributed by atoms with Gasteiger partial charge in [0.05, 0.1) is 5.69 Å². The highest BCUT2D eigenvalue weighted by Crippen LogP contribution is 2.17.